The molecule has 19 heavy (non-hydrogen) atoms. The monoisotopic (exact) mass is 263 g/mol. The Kier molecular flexibility index (Phi) is 4.83. The molecular weight excluding hydrogens is 246 g/mol. The minimum atomic E-state index is -1.69. The Morgan fingerprint density at radius 2 is 1.89 bits per heavy atom. The second kappa shape index (κ2) is 6.15. The lowest BCUT2D eigenvalue weighted by atomic mass is 9.84. The first-order chi connectivity index (χ1) is 8.90. The van der Waals surface area contributed by atoms with E-state index in [1.165, 1.54) is 12.2 Å². The van der Waals surface area contributed by atoms with Crippen LogP contribution in [0.3, 0.4) is 0 Å². The van der Waals surface area contributed by atoms with E-state index in [0.717, 1.165) is 0 Å². The highest BCUT2D eigenvalue weighted by Crippen LogP contribution is 2.26. The molecule has 1 rings (SSSR count). The molecule has 0 aliphatic heterocycles. The van der Waals surface area contributed by atoms with Gasteiger partial charge >= 0.3 is 11.9 Å². The van der Waals surface area contributed by atoms with Gasteiger partial charge in [-0.05, 0) is 18.9 Å². The lowest BCUT2D eigenvalue weighted by molar-refractivity contribution is -0.143. The molecule has 102 valence electrons. The lowest BCUT2D eigenvalue weighted by Crippen LogP contribution is -2.48. The summed E-state index contributed by atoms with van der Waals surface area (Å²) in [6.07, 6.45) is 2.62. The molecule has 0 aromatic heterocycles. The van der Waals surface area contributed by atoms with Crippen molar-refractivity contribution in [3.8, 4) is 0 Å². The molecule has 0 bridgehead atoms. The van der Waals surface area contributed by atoms with Crippen LogP contribution < -0.4 is 5.73 Å². The van der Waals surface area contributed by atoms with Gasteiger partial charge in [-0.3, -0.25) is 4.79 Å². The van der Waals surface area contributed by atoms with Crippen molar-refractivity contribution >= 4 is 11.9 Å². The number of nitrogens with two attached hydrogens (primary N) is 1. The van der Waals surface area contributed by atoms with Crippen LogP contribution in [0.2, 0.25) is 0 Å². The fourth-order valence-electron chi connectivity index (χ4n) is 1.89. The van der Waals surface area contributed by atoms with Crippen LogP contribution in [0.15, 0.2) is 42.5 Å². The van der Waals surface area contributed by atoms with Crippen LogP contribution in [-0.2, 0) is 9.59 Å². The minimum absolute atomic E-state index is 0.202. The summed E-state index contributed by atoms with van der Waals surface area (Å²) in [7, 11) is 0. The molecule has 2 atom stereocenters. The highest BCUT2D eigenvalue weighted by atomic mass is 16.4. The summed E-state index contributed by atoms with van der Waals surface area (Å²) in [6.45, 7) is 1.64. The van der Waals surface area contributed by atoms with Gasteiger partial charge in [-0.1, -0.05) is 42.5 Å². The number of hydrogen-bond donors (Lipinski definition) is 3. The van der Waals surface area contributed by atoms with E-state index in [-0.39, 0.29) is 6.42 Å². The van der Waals surface area contributed by atoms with E-state index < -0.39 is 23.4 Å². The number of carboxylic acid groups (broad SMARTS) is 2. The number of benzene rings is 1. The van der Waals surface area contributed by atoms with Gasteiger partial charge in [0, 0.05) is 0 Å². The molecular formula is C14H17NO4. The van der Waals surface area contributed by atoms with Gasteiger partial charge in [0.25, 0.3) is 0 Å². The largest absolute Gasteiger partial charge is 0.481 e. The van der Waals surface area contributed by atoms with E-state index in [1.807, 2.05) is 0 Å². The van der Waals surface area contributed by atoms with Crippen molar-refractivity contribution in [2.24, 2.45) is 5.73 Å². The Morgan fingerprint density at radius 3 is 2.32 bits per heavy atom. The predicted octanol–water partition coefficient (Wildman–Crippen LogP) is 1.60. The molecule has 0 amide bonds. The van der Waals surface area contributed by atoms with Gasteiger partial charge in [0.05, 0.1) is 5.92 Å². The predicted molar refractivity (Wildman–Crippen MR) is 70.8 cm³/mol. The third-order valence-electron chi connectivity index (χ3n) is 2.90. The summed E-state index contributed by atoms with van der Waals surface area (Å²) in [5.41, 5.74) is 4.63. The average Bonchev–Trinajstić information content (AvgIpc) is 2.37. The fraction of sp³-hybridized carbons (Fsp3) is 0.286. The molecule has 5 nitrogen and oxygen atoms in total. The Balaban J connectivity index is 3.09. The molecule has 0 spiro atoms. The maximum absolute atomic E-state index is 11.3. The molecule has 0 fully saturated rings. The molecule has 0 aliphatic rings. The van der Waals surface area contributed by atoms with Crippen molar-refractivity contribution in [1.82, 2.24) is 0 Å². The number of rotatable bonds is 6. The maximum atomic E-state index is 11.3. The van der Waals surface area contributed by atoms with Crippen LogP contribution >= 0.6 is 0 Å². The molecule has 0 aliphatic carbocycles. The maximum Gasteiger partial charge on any atom is 0.327 e. The summed E-state index contributed by atoms with van der Waals surface area (Å²) < 4.78 is 0. The molecule has 0 saturated carbocycles. The number of allylic oxidation sites excluding steroid dienone is 1. The quantitative estimate of drug-likeness (QED) is 0.677. The first-order valence-electron chi connectivity index (χ1n) is 5.84. The highest BCUT2D eigenvalue weighted by molar-refractivity contribution is 5.84. The van der Waals surface area contributed by atoms with Gasteiger partial charge in [0.2, 0.25) is 0 Å². The molecule has 1 unspecified atom stereocenters. The minimum Gasteiger partial charge on any atom is -0.481 e. The molecule has 0 radical (unpaired) electrons. The number of carboxylic acids is 2. The van der Waals surface area contributed by atoms with Crippen LogP contribution in [0.4, 0.5) is 0 Å². The van der Waals surface area contributed by atoms with Crippen LogP contribution in [0.1, 0.15) is 24.8 Å². The molecule has 1 aromatic carbocycles. The number of hydrogen-bond acceptors (Lipinski definition) is 3. The van der Waals surface area contributed by atoms with Crippen molar-refractivity contribution in [2.45, 2.75) is 24.8 Å². The zero-order valence-electron chi connectivity index (χ0n) is 10.6. The zero-order chi connectivity index (χ0) is 14.5. The molecule has 4 N–H and O–H groups in total. The molecule has 0 saturated heterocycles. The van der Waals surface area contributed by atoms with Gasteiger partial charge in [-0.25, -0.2) is 4.79 Å². The topological polar surface area (TPSA) is 101 Å². The van der Waals surface area contributed by atoms with Crippen molar-refractivity contribution in [2.75, 3.05) is 0 Å². The van der Waals surface area contributed by atoms with Crippen molar-refractivity contribution in [3.05, 3.63) is 48.0 Å². The van der Waals surface area contributed by atoms with Crippen LogP contribution in [0.25, 0.3) is 0 Å². The Hall–Kier alpha value is -2.14. The first kappa shape index (κ1) is 14.9. The Labute approximate surface area is 111 Å². The highest BCUT2D eigenvalue weighted by Gasteiger charge is 2.37. The normalized spacial score (nSPS) is 15.9. The van der Waals surface area contributed by atoms with Crippen LogP contribution in [-0.4, -0.2) is 27.7 Å². The van der Waals surface area contributed by atoms with Crippen molar-refractivity contribution in [1.29, 1.82) is 0 Å². The van der Waals surface area contributed by atoms with Gasteiger partial charge in [-0.2, -0.15) is 0 Å². The number of carbonyl (C=O) groups is 2. The number of aliphatic carboxylic acids is 2. The van der Waals surface area contributed by atoms with Crippen molar-refractivity contribution in [3.63, 3.8) is 0 Å². The van der Waals surface area contributed by atoms with E-state index >= 15 is 0 Å². The summed E-state index contributed by atoms with van der Waals surface area (Å²) in [6, 6.07) is 8.48. The van der Waals surface area contributed by atoms with E-state index in [2.05, 4.69) is 0 Å². The van der Waals surface area contributed by atoms with Crippen LogP contribution in [0.5, 0.6) is 0 Å². The van der Waals surface area contributed by atoms with Crippen LogP contribution in [0, 0.1) is 0 Å². The Morgan fingerprint density at radius 1 is 1.32 bits per heavy atom. The third-order valence-corrected chi connectivity index (χ3v) is 2.90. The second-order valence-corrected chi connectivity index (χ2v) is 4.35. The van der Waals surface area contributed by atoms with Gasteiger partial charge in [0.1, 0.15) is 5.54 Å². The van der Waals surface area contributed by atoms with Gasteiger partial charge in [-0.15, -0.1) is 0 Å². The molecule has 1 aromatic rings. The van der Waals surface area contributed by atoms with E-state index in [0.29, 0.717) is 5.56 Å². The van der Waals surface area contributed by atoms with E-state index in [4.69, 9.17) is 5.73 Å². The summed E-state index contributed by atoms with van der Waals surface area (Å²) >= 11 is 0. The summed E-state index contributed by atoms with van der Waals surface area (Å²) in [4.78, 5) is 22.6. The molecule has 0 heterocycles. The standard InChI is InChI=1S/C14H17NO4/c1-2-8-14(15,13(18)19)9-11(12(16)17)10-6-4-3-5-7-10/h2-8,11H,9,15H2,1H3,(H,16,17)(H,18,19)/t11?,14-/m1/s1. The smallest absolute Gasteiger partial charge is 0.327 e. The van der Waals surface area contributed by atoms with E-state index in [1.54, 1.807) is 37.3 Å². The SMILES string of the molecule is CC=C[C@@](N)(CC(C(=O)O)c1ccccc1)C(=O)O. The summed E-state index contributed by atoms with van der Waals surface area (Å²) in [5, 5.41) is 18.4. The molecule has 5 heteroatoms. The average molecular weight is 263 g/mol. The third kappa shape index (κ3) is 3.66. The Bertz CT molecular complexity index is 483. The van der Waals surface area contributed by atoms with Gasteiger partial charge in [0.15, 0.2) is 0 Å². The first-order valence-corrected chi connectivity index (χ1v) is 5.84. The lowest BCUT2D eigenvalue weighted by Gasteiger charge is -2.24. The van der Waals surface area contributed by atoms with E-state index in [9.17, 15) is 19.8 Å². The second-order valence-electron chi connectivity index (χ2n) is 4.35. The fourth-order valence-corrected chi connectivity index (χ4v) is 1.89. The van der Waals surface area contributed by atoms with Gasteiger partial charge < -0.3 is 15.9 Å². The summed E-state index contributed by atoms with van der Waals surface area (Å²) in [5.74, 6) is -3.29. The van der Waals surface area contributed by atoms with Crippen molar-refractivity contribution < 1.29 is 19.8 Å². The zero-order valence-corrected chi connectivity index (χ0v) is 10.6.